The lowest BCUT2D eigenvalue weighted by Gasteiger charge is -2.16. The second-order valence-electron chi connectivity index (χ2n) is 13.0. The van der Waals surface area contributed by atoms with E-state index in [4.69, 9.17) is 11.6 Å². The summed E-state index contributed by atoms with van der Waals surface area (Å²) in [6, 6.07) is 24.5. The molecule has 0 unspecified atom stereocenters. The fourth-order valence-electron chi connectivity index (χ4n) is 5.96. The lowest BCUT2D eigenvalue weighted by Crippen LogP contribution is -2.33. The van der Waals surface area contributed by atoms with E-state index in [1.165, 1.54) is 42.5 Å². The van der Waals surface area contributed by atoms with Crippen molar-refractivity contribution in [3.63, 3.8) is 0 Å². The number of anilines is 2. The Balaban J connectivity index is 0.000000228. The molecule has 0 bridgehead atoms. The van der Waals surface area contributed by atoms with Crippen LogP contribution in [0.3, 0.4) is 0 Å². The molecule has 0 radical (unpaired) electrons. The van der Waals surface area contributed by atoms with Gasteiger partial charge >= 0.3 is 13.0 Å². The SMILES string of the molecule is CCCCN1C(=O)C(Nc2ccc(OC(F)(F)F)cc2)=C(c2ccccc2)S1(=O)=O.CCCCN1C(=O)C(Nc2ccc(OC(F)F)cc2)=C(c2cccc(Cl)c2)S1(=O)=O. The number of hydrogen-bond acceptors (Lipinski definition) is 10. The fourth-order valence-corrected chi connectivity index (χ4v) is 9.60. The first-order chi connectivity index (χ1) is 28.4. The van der Waals surface area contributed by atoms with Gasteiger partial charge in [0, 0.05) is 29.5 Å². The maximum atomic E-state index is 13.2. The molecule has 2 aliphatic heterocycles. The minimum absolute atomic E-state index is 0.0392. The normalized spacial score (nSPS) is 15.9. The highest BCUT2D eigenvalue weighted by Gasteiger charge is 2.45. The lowest BCUT2D eigenvalue weighted by atomic mass is 10.1. The van der Waals surface area contributed by atoms with Gasteiger partial charge in [0.2, 0.25) is 0 Å². The molecule has 0 saturated heterocycles. The molecule has 2 amide bonds. The van der Waals surface area contributed by atoms with Crippen molar-refractivity contribution < 1.29 is 57.9 Å². The van der Waals surface area contributed by atoms with Crippen LogP contribution in [0, 0.1) is 0 Å². The van der Waals surface area contributed by atoms with Crippen molar-refractivity contribution >= 4 is 64.6 Å². The van der Waals surface area contributed by atoms with E-state index in [0.717, 1.165) is 20.7 Å². The van der Waals surface area contributed by atoms with Crippen molar-refractivity contribution in [1.29, 1.82) is 0 Å². The average Bonchev–Trinajstić information content (AvgIpc) is 3.49. The predicted octanol–water partition coefficient (Wildman–Crippen LogP) is 9.03. The molecular weight excluding hydrogens is 859 g/mol. The summed E-state index contributed by atoms with van der Waals surface area (Å²) in [5.74, 6) is -1.89. The third-order valence-electron chi connectivity index (χ3n) is 8.69. The number of alkyl halides is 5. The molecule has 6 rings (SSSR count). The average molecular weight is 897 g/mol. The monoisotopic (exact) mass is 896 g/mol. The first-order valence-electron chi connectivity index (χ1n) is 18.3. The summed E-state index contributed by atoms with van der Waals surface area (Å²) in [5, 5.41) is 5.91. The highest BCUT2D eigenvalue weighted by molar-refractivity contribution is 8.00. The Morgan fingerprint density at radius 1 is 0.650 bits per heavy atom. The third kappa shape index (κ3) is 10.7. The number of ether oxygens (including phenoxy) is 2. The third-order valence-corrected chi connectivity index (χ3v) is 12.7. The Hall–Kier alpha value is -5.66. The molecule has 0 aliphatic carbocycles. The van der Waals surface area contributed by atoms with Crippen molar-refractivity contribution in [3.8, 4) is 11.5 Å². The van der Waals surface area contributed by atoms with E-state index < -0.39 is 50.6 Å². The van der Waals surface area contributed by atoms with E-state index in [1.54, 1.807) is 48.5 Å². The van der Waals surface area contributed by atoms with Gasteiger partial charge in [0.1, 0.15) is 32.7 Å². The molecule has 320 valence electrons. The summed E-state index contributed by atoms with van der Waals surface area (Å²) in [4.78, 5) is 25.6. The Labute approximate surface area is 348 Å². The number of halogens is 6. The number of carbonyl (C=O) groups excluding carboxylic acids is 2. The number of hydrogen-bond donors (Lipinski definition) is 2. The zero-order chi connectivity index (χ0) is 43.8. The molecule has 4 aromatic carbocycles. The molecule has 0 saturated carbocycles. The highest BCUT2D eigenvalue weighted by atomic mass is 35.5. The van der Waals surface area contributed by atoms with Crippen LogP contribution in [0.1, 0.15) is 50.7 Å². The number of amides is 2. The second-order valence-corrected chi connectivity index (χ2v) is 17.0. The molecule has 0 atom stereocenters. The van der Waals surface area contributed by atoms with Crippen LogP contribution in [0.5, 0.6) is 11.5 Å². The van der Waals surface area contributed by atoms with Gasteiger partial charge in [-0.1, -0.05) is 80.8 Å². The molecule has 20 heteroatoms. The summed E-state index contributed by atoms with van der Waals surface area (Å²) in [5.41, 5.74) is 0.915. The molecule has 4 aromatic rings. The standard InChI is InChI=1S/C20H19ClF2N2O4S.C20H19F3N2O4S/c1-2-3-11-25-19(26)17(24-15-7-9-16(10-8-15)29-20(22)23)18(30(25,27)28)13-5-4-6-14(21)12-13;1-2-3-13-25-19(26)17(18(30(25,27)28)14-7-5-4-6-8-14)24-15-9-11-16(12-10-15)29-20(21,22)23/h4-10,12,20,24H,2-3,11H2,1H3;4-12,24H,2-3,13H2,1H3. The number of nitrogens with zero attached hydrogens (tertiary/aromatic N) is 2. The molecule has 0 aromatic heterocycles. The van der Waals surface area contributed by atoms with Crippen LogP contribution in [0.15, 0.2) is 115 Å². The van der Waals surface area contributed by atoms with Gasteiger partial charge in [-0.2, -0.15) is 8.78 Å². The minimum atomic E-state index is -4.83. The van der Waals surface area contributed by atoms with Gasteiger partial charge in [-0.3, -0.25) is 9.59 Å². The Morgan fingerprint density at radius 3 is 1.53 bits per heavy atom. The molecule has 2 N–H and O–H groups in total. The van der Waals surface area contributed by atoms with Crippen molar-refractivity contribution in [3.05, 3.63) is 131 Å². The van der Waals surface area contributed by atoms with E-state index in [2.05, 4.69) is 20.1 Å². The van der Waals surface area contributed by atoms with Crippen LogP contribution in [-0.2, 0) is 29.6 Å². The molecule has 2 aliphatic rings. The molecule has 60 heavy (non-hydrogen) atoms. The van der Waals surface area contributed by atoms with E-state index >= 15 is 0 Å². The minimum Gasteiger partial charge on any atom is -0.435 e. The number of carbonyl (C=O) groups is 2. The van der Waals surface area contributed by atoms with Gasteiger partial charge in [-0.15, -0.1) is 13.2 Å². The number of nitrogens with one attached hydrogen (secondary N) is 2. The summed E-state index contributed by atoms with van der Waals surface area (Å²) in [6.45, 7) is 0.893. The summed E-state index contributed by atoms with van der Waals surface area (Å²) in [7, 11) is -8.17. The van der Waals surface area contributed by atoms with Crippen LogP contribution < -0.4 is 20.1 Å². The van der Waals surface area contributed by atoms with Crippen molar-refractivity contribution in [2.75, 3.05) is 23.7 Å². The smallest absolute Gasteiger partial charge is 0.435 e. The fraction of sp³-hybridized carbons (Fsp3) is 0.250. The van der Waals surface area contributed by atoms with Crippen LogP contribution in [0.4, 0.5) is 33.3 Å². The Morgan fingerprint density at radius 2 is 1.10 bits per heavy atom. The van der Waals surface area contributed by atoms with Crippen molar-refractivity contribution in [1.82, 2.24) is 8.61 Å². The number of sulfonamides is 2. The molecular formula is C40H38ClF5N4O8S2. The number of unbranched alkanes of at least 4 members (excludes halogenated alkanes) is 2. The van der Waals surface area contributed by atoms with Crippen LogP contribution in [0.25, 0.3) is 9.81 Å². The molecule has 0 fully saturated rings. The van der Waals surface area contributed by atoms with Crippen molar-refractivity contribution in [2.24, 2.45) is 0 Å². The number of benzene rings is 4. The topological polar surface area (TPSA) is 151 Å². The van der Waals surface area contributed by atoms with Gasteiger partial charge in [-0.25, -0.2) is 25.4 Å². The van der Waals surface area contributed by atoms with Gasteiger partial charge in [0.15, 0.2) is 0 Å². The van der Waals surface area contributed by atoms with E-state index in [9.17, 15) is 48.4 Å². The molecule has 12 nitrogen and oxygen atoms in total. The van der Waals surface area contributed by atoms with E-state index in [0.29, 0.717) is 42.0 Å². The zero-order valence-electron chi connectivity index (χ0n) is 31.9. The van der Waals surface area contributed by atoms with Gasteiger partial charge in [0.05, 0.1) is 0 Å². The Kier molecular flexibility index (Phi) is 14.5. The molecule has 2 heterocycles. The first-order valence-corrected chi connectivity index (χ1v) is 21.5. The van der Waals surface area contributed by atoms with Gasteiger partial charge in [0.25, 0.3) is 31.9 Å². The summed E-state index contributed by atoms with van der Waals surface area (Å²) in [6.07, 6.45) is -2.40. The van der Waals surface area contributed by atoms with Crippen LogP contribution in [-0.4, -0.2) is 63.3 Å². The maximum absolute atomic E-state index is 13.2. The van der Waals surface area contributed by atoms with Gasteiger partial charge < -0.3 is 20.1 Å². The van der Waals surface area contributed by atoms with E-state index in [-0.39, 0.29) is 51.3 Å². The molecule has 0 spiro atoms. The Bertz CT molecular complexity index is 2470. The van der Waals surface area contributed by atoms with Crippen LogP contribution in [0.2, 0.25) is 5.02 Å². The largest absolute Gasteiger partial charge is 0.573 e. The summed E-state index contributed by atoms with van der Waals surface area (Å²) >= 11 is 6.03. The van der Waals surface area contributed by atoms with E-state index in [1.807, 2.05) is 13.8 Å². The zero-order valence-corrected chi connectivity index (χ0v) is 34.3. The lowest BCUT2D eigenvalue weighted by molar-refractivity contribution is -0.274. The van der Waals surface area contributed by atoms with Gasteiger partial charge in [-0.05, 0) is 84.6 Å². The maximum Gasteiger partial charge on any atom is 0.573 e. The number of rotatable bonds is 15. The summed E-state index contributed by atoms with van der Waals surface area (Å²) < 4.78 is 124. The quantitative estimate of drug-likeness (QED) is 0.111. The first kappa shape index (κ1) is 45.4. The second kappa shape index (κ2) is 19.2. The predicted molar refractivity (Wildman–Crippen MR) is 216 cm³/mol. The highest BCUT2D eigenvalue weighted by Crippen LogP contribution is 2.39. The van der Waals surface area contributed by atoms with Crippen LogP contribution >= 0.6 is 11.6 Å². The van der Waals surface area contributed by atoms with Crippen molar-refractivity contribution in [2.45, 2.75) is 52.5 Å².